The Kier molecular flexibility index (Phi) is 21.3. The number of hydrogen-bond donors (Lipinski definition) is 3. The normalized spacial score (nSPS) is 19.5. The van der Waals surface area contributed by atoms with E-state index in [0.717, 1.165) is 76.7 Å². The largest absolute Gasteiger partial charge is 2.00 e. The topological polar surface area (TPSA) is 86.2 Å². The third kappa shape index (κ3) is 16.8. The van der Waals surface area contributed by atoms with E-state index in [2.05, 4.69) is 90.5 Å². The van der Waals surface area contributed by atoms with E-state index in [9.17, 15) is 0 Å². The van der Waals surface area contributed by atoms with Crippen molar-refractivity contribution in [3.05, 3.63) is 71.7 Å². The molecule has 1 aromatic carbocycles. The van der Waals surface area contributed by atoms with Crippen LogP contribution in [-0.4, -0.2) is 73.7 Å². The number of aryl methyl sites for hydroxylation is 1. The Bertz CT molecular complexity index is 1090. The minimum absolute atomic E-state index is 0. The van der Waals surface area contributed by atoms with E-state index >= 15 is 0 Å². The Morgan fingerprint density at radius 1 is 1.16 bits per heavy atom. The number of imidazole rings is 1. The smallest absolute Gasteiger partial charge is 0.416 e. The molecule has 0 radical (unpaired) electrons. The summed E-state index contributed by atoms with van der Waals surface area (Å²) in [5.41, 5.74) is 12.4. The monoisotopic (exact) mass is 809 g/mol. The number of methoxy groups -OCH3 is 1. The van der Waals surface area contributed by atoms with Gasteiger partial charge in [0.2, 0.25) is 0 Å². The number of hydrogen-bond acceptors (Lipinski definition) is 6. The van der Waals surface area contributed by atoms with Crippen molar-refractivity contribution in [3.63, 3.8) is 0 Å². The standard InChI is InChI=1S/C23H35N2O.C9H18OS.C4H6N3.W/c1-22(2)10-8-19(9-11-22)20-6-5-7-21(18-20)23(3)12-14-25(15-13-24-23)16-17-26-4;1-2-3-7-10-8-5-4-6-9-11;1-3-2-6-4(5)7-3;/h5,7-8,18,24H,9-17H2,1-4H3;2,11H,1,3-9H2;2H,1H3,(H2-,5,6,7);/q-1;;-1;+2. The molecule has 0 spiro atoms. The van der Waals surface area contributed by atoms with Gasteiger partial charge in [-0.05, 0) is 69.0 Å². The maximum atomic E-state index is 6.85. The quantitative estimate of drug-likeness (QED) is 0.0821. The molecule has 45 heavy (non-hydrogen) atoms. The number of nitrogens with one attached hydrogen (secondary N) is 3. The summed E-state index contributed by atoms with van der Waals surface area (Å²) in [6.07, 6.45) is 15.2. The number of benzene rings is 1. The first-order chi connectivity index (χ1) is 21.1. The third-order valence-corrected chi connectivity index (χ3v) is 8.67. The summed E-state index contributed by atoms with van der Waals surface area (Å²) in [6, 6.07) is 10.2. The van der Waals surface area contributed by atoms with Crippen molar-refractivity contribution in [2.75, 3.05) is 58.9 Å². The van der Waals surface area contributed by atoms with Crippen LogP contribution in [0.3, 0.4) is 0 Å². The second-order valence-electron chi connectivity index (χ2n) is 12.8. The zero-order chi connectivity index (χ0) is 32.3. The van der Waals surface area contributed by atoms with Gasteiger partial charge in [0.1, 0.15) is 0 Å². The van der Waals surface area contributed by atoms with Gasteiger partial charge in [-0.25, -0.2) is 0 Å². The van der Waals surface area contributed by atoms with Gasteiger partial charge in [0.15, 0.2) is 0 Å². The second-order valence-corrected chi connectivity index (χ2v) is 13.3. The van der Waals surface area contributed by atoms with Crippen LogP contribution in [0.15, 0.2) is 43.1 Å². The van der Waals surface area contributed by atoms with Crippen LogP contribution in [0.1, 0.15) is 89.0 Å². The van der Waals surface area contributed by atoms with Gasteiger partial charge in [-0.2, -0.15) is 12.6 Å². The molecule has 0 amide bonds. The van der Waals surface area contributed by atoms with E-state index in [1.165, 1.54) is 48.8 Å². The van der Waals surface area contributed by atoms with Crippen LogP contribution in [0.5, 0.6) is 0 Å². The van der Waals surface area contributed by atoms with Crippen LogP contribution < -0.4 is 5.32 Å². The number of aromatic nitrogens is 2. The molecule has 2 aromatic rings. The van der Waals surface area contributed by atoms with E-state index in [-0.39, 0.29) is 32.6 Å². The summed E-state index contributed by atoms with van der Waals surface area (Å²) in [5, 5.41) is 3.81. The van der Waals surface area contributed by atoms with Crippen LogP contribution in [0.25, 0.3) is 11.3 Å². The van der Waals surface area contributed by atoms with Crippen molar-refractivity contribution < 1.29 is 30.5 Å². The van der Waals surface area contributed by atoms with Crippen molar-refractivity contribution in [3.8, 4) is 0 Å². The summed E-state index contributed by atoms with van der Waals surface area (Å²) in [6.45, 7) is 19.3. The Hall–Kier alpha value is -1.41. The number of ether oxygens (including phenoxy) is 2. The van der Waals surface area contributed by atoms with Crippen molar-refractivity contribution in [2.24, 2.45) is 5.41 Å². The summed E-state index contributed by atoms with van der Waals surface area (Å²) in [5.74, 6) is 1.23. The number of unbranched alkanes of at least 4 members (excludes halogenated alkanes) is 2. The molecule has 9 heteroatoms. The molecule has 3 N–H and O–H groups in total. The SMILES string of the molecule is C=CCCOCCCCCS.COCCN1CCNC(C)(c2cc[c-]c(C3=CCC(C)(C)CC3)c2)CC1.Cc1cnc([NH-])[nH]1.[W+2]. The van der Waals surface area contributed by atoms with Gasteiger partial charge in [-0.3, -0.25) is 4.90 Å². The molecule has 1 unspecified atom stereocenters. The summed E-state index contributed by atoms with van der Waals surface area (Å²) in [7, 11) is 1.78. The van der Waals surface area contributed by atoms with Crippen LogP contribution in [-0.2, 0) is 36.1 Å². The summed E-state index contributed by atoms with van der Waals surface area (Å²) < 4.78 is 10.6. The van der Waals surface area contributed by atoms with Gasteiger partial charge in [0.25, 0.3) is 0 Å². The maximum absolute atomic E-state index is 6.85. The number of thiol groups is 1. The molecular weight excluding hydrogens is 750 g/mol. The number of allylic oxidation sites excluding steroid dienone is 2. The molecule has 1 aliphatic heterocycles. The fraction of sp³-hybridized carbons (Fsp3) is 0.639. The first kappa shape index (κ1) is 41.6. The molecule has 1 aromatic heterocycles. The molecular formula is C36H59N5O2SW. The van der Waals surface area contributed by atoms with Crippen LogP contribution in [0.2, 0.25) is 0 Å². The molecule has 2 aliphatic rings. The average molecular weight is 810 g/mol. The van der Waals surface area contributed by atoms with Gasteiger partial charge >= 0.3 is 21.1 Å². The van der Waals surface area contributed by atoms with Crippen LogP contribution in [0.4, 0.5) is 5.95 Å². The fourth-order valence-electron chi connectivity index (χ4n) is 5.25. The minimum atomic E-state index is 0. The second kappa shape index (κ2) is 23.0. The van der Waals surface area contributed by atoms with Crippen molar-refractivity contribution >= 4 is 24.2 Å². The van der Waals surface area contributed by atoms with Crippen LogP contribution >= 0.6 is 12.6 Å². The summed E-state index contributed by atoms with van der Waals surface area (Å²) >= 11 is 4.13. The van der Waals surface area contributed by atoms with Crippen molar-refractivity contribution in [1.29, 1.82) is 0 Å². The molecule has 1 saturated heterocycles. The summed E-state index contributed by atoms with van der Waals surface area (Å²) in [4.78, 5) is 8.83. The van der Waals surface area contributed by atoms with Gasteiger partial charge in [0, 0.05) is 58.0 Å². The third-order valence-electron chi connectivity index (χ3n) is 8.36. The zero-order valence-corrected chi connectivity index (χ0v) is 32.4. The molecule has 0 saturated carbocycles. The Balaban J connectivity index is 0.000000439. The maximum Gasteiger partial charge on any atom is 2.00 e. The average Bonchev–Trinajstić information content (AvgIpc) is 3.29. The predicted molar refractivity (Wildman–Crippen MR) is 190 cm³/mol. The van der Waals surface area contributed by atoms with Gasteiger partial charge in [0.05, 0.1) is 6.61 Å². The zero-order valence-electron chi connectivity index (χ0n) is 28.6. The van der Waals surface area contributed by atoms with Crippen molar-refractivity contribution in [1.82, 2.24) is 20.2 Å². The number of aromatic amines is 1. The van der Waals surface area contributed by atoms with Gasteiger partial charge in [-0.15, -0.1) is 53.6 Å². The Morgan fingerprint density at radius 2 is 1.96 bits per heavy atom. The number of H-pyrrole nitrogens is 1. The number of nitrogens with zero attached hydrogens (tertiary/aromatic N) is 2. The van der Waals surface area contributed by atoms with Gasteiger partial charge < -0.3 is 30.5 Å². The van der Waals surface area contributed by atoms with E-state index in [1.807, 2.05) is 13.0 Å². The number of rotatable bonds is 13. The molecule has 4 rings (SSSR count). The van der Waals surface area contributed by atoms with Crippen molar-refractivity contribution in [2.45, 2.75) is 84.6 Å². The molecule has 2 heterocycles. The molecule has 1 aliphatic carbocycles. The minimum Gasteiger partial charge on any atom is -0.416 e. The first-order valence-corrected chi connectivity index (χ1v) is 17.0. The molecule has 252 valence electrons. The molecule has 0 bridgehead atoms. The molecule has 1 atom stereocenters. The van der Waals surface area contributed by atoms with E-state index in [0.29, 0.717) is 5.41 Å². The van der Waals surface area contributed by atoms with E-state index in [4.69, 9.17) is 15.2 Å². The molecule has 7 nitrogen and oxygen atoms in total. The first-order valence-electron chi connectivity index (χ1n) is 16.3. The van der Waals surface area contributed by atoms with Gasteiger partial charge in [-0.1, -0.05) is 39.2 Å². The predicted octanol–water partition coefficient (Wildman–Crippen LogP) is 8.32. The van der Waals surface area contributed by atoms with E-state index < -0.39 is 0 Å². The Labute approximate surface area is 294 Å². The Morgan fingerprint density at radius 3 is 2.56 bits per heavy atom. The van der Waals surface area contributed by atoms with E-state index in [1.54, 1.807) is 13.3 Å². The molecule has 1 fully saturated rings. The fourth-order valence-corrected chi connectivity index (χ4v) is 5.48. The van der Waals surface area contributed by atoms with Crippen LogP contribution in [0, 0.1) is 18.4 Å².